The van der Waals surface area contributed by atoms with E-state index in [2.05, 4.69) is 4.90 Å². The van der Waals surface area contributed by atoms with Crippen LogP contribution in [0.2, 0.25) is 0 Å². The van der Waals surface area contributed by atoms with Crippen LogP contribution in [0.25, 0.3) is 10.1 Å². The summed E-state index contributed by atoms with van der Waals surface area (Å²) in [4.78, 5) is 31.6. The molecule has 1 aromatic heterocycles. The summed E-state index contributed by atoms with van der Waals surface area (Å²) in [6.07, 6.45) is 1.56. The number of hydrogen-bond donors (Lipinski definition) is 1. The number of nitrogens with two attached hydrogens (primary N) is 1. The van der Waals surface area contributed by atoms with Crippen LogP contribution in [-0.2, 0) is 4.74 Å². The van der Waals surface area contributed by atoms with Crippen LogP contribution in [0.4, 0.5) is 9.80 Å². The fourth-order valence-corrected chi connectivity index (χ4v) is 5.57. The number of thiophene rings is 1. The van der Waals surface area contributed by atoms with Crippen molar-refractivity contribution in [2.24, 2.45) is 0 Å². The minimum atomic E-state index is -0.216. The second-order valence-corrected chi connectivity index (χ2v) is 9.77. The summed E-state index contributed by atoms with van der Waals surface area (Å²) in [5.41, 5.74) is 6.85. The van der Waals surface area contributed by atoms with Crippen molar-refractivity contribution >= 4 is 38.4 Å². The summed E-state index contributed by atoms with van der Waals surface area (Å²) in [5.74, 6) is 0.764. The van der Waals surface area contributed by atoms with Crippen molar-refractivity contribution in [2.45, 2.75) is 38.8 Å². The van der Waals surface area contributed by atoms with Gasteiger partial charge in [-0.2, -0.15) is 0 Å². The second-order valence-electron chi connectivity index (χ2n) is 8.68. The lowest BCUT2D eigenvalue weighted by molar-refractivity contribution is 0.0360. The van der Waals surface area contributed by atoms with Gasteiger partial charge in [0.2, 0.25) is 0 Å². The number of piperazine rings is 1. The number of carbonyl (C=O) groups excluding carboxylic acids is 2. The number of nitrogen functional groups attached to an aromatic ring is 1. The number of benzene rings is 1. The van der Waals surface area contributed by atoms with E-state index in [9.17, 15) is 9.59 Å². The Morgan fingerprint density at radius 1 is 1.06 bits per heavy atom. The number of fused-ring (bicyclic) bond motifs is 1. The van der Waals surface area contributed by atoms with E-state index in [1.807, 2.05) is 36.9 Å². The smallest absolute Gasteiger partial charge is 0.410 e. The highest BCUT2D eigenvalue weighted by Crippen LogP contribution is 2.36. The average molecular weight is 461 g/mol. The standard InChI is InChI=1S/C23H32N4O4S/c1-15(2)31-23(29)27-8-6-16(7-9-27)25-10-12-26(13-11-25)22(28)20-18-5-4-17(30-3)14-19(18)32-21(20)24/h4-5,14-16H,6-13,24H2,1-3H3. The maximum Gasteiger partial charge on any atom is 0.410 e. The molecule has 0 radical (unpaired) electrons. The number of likely N-dealkylation sites (tertiary alicyclic amines) is 1. The van der Waals surface area contributed by atoms with Crippen LogP contribution in [0, 0.1) is 0 Å². The molecule has 0 unspecified atom stereocenters. The van der Waals surface area contributed by atoms with E-state index in [-0.39, 0.29) is 18.1 Å². The van der Waals surface area contributed by atoms with Crippen molar-refractivity contribution in [1.29, 1.82) is 0 Å². The molecule has 9 heteroatoms. The molecule has 2 aliphatic rings. The number of carbonyl (C=O) groups is 2. The zero-order valence-electron chi connectivity index (χ0n) is 19.0. The van der Waals surface area contributed by atoms with Crippen LogP contribution in [-0.4, -0.2) is 85.2 Å². The molecule has 1 aromatic carbocycles. The van der Waals surface area contributed by atoms with Gasteiger partial charge in [-0.3, -0.25) is 9.69 Å². The van der Waals surface area contributed by atoms with Gasteiger partial charge in [0.05, 0.1) is 23.8 Å². The van der Waals surface area contributed by atoms with Crippen LogP contribution < -0.4 is 10.5 Å². The van der Waals surface area contributed by atoms with Crippen molar-refractivity contribution in [2.75, 3.05) is 52.1 Å². The van der Waals surface area contributed by atoms with E-state index in [1.54, 1.807) is 12.0 Å². The number of anilines is 1. The van der Waals surface area contributed by atoms with Crippen molar-refractivity contribution in [3.63, 3.8) is 0 Å². The minimum Gasteiger partial charge on any atom is -0.497 e. The van der Waals surface area contributed by atoms with E-state index in [1.165, 1.54) is 11.3 Å². The monoisotopic (exact) mass is 460 g/mol. The third-order valence-electron chi connectivity index (χ3n) is 6.32. The molecule has 0 spiro atoms. The average Bonchev–Trinajstić information content (AvgIpc) is 3.13. The molecule has 0 saturated carbocycles. The molecule has 2 fully saturated rings. The summed E-state index contributed by atoms with van der Waals surface area (Å²) in [5, 5.41) is 1.45. The zero-order chi connectivity index (χ0) is 22.8. The minimum absolute atomic E-state index is 0.00446. The fraction of sp³-hybridized carbons (Fsp3) is 0.565. The first-order chi connectivity index (χ1) is 15.4. The number of rotatable bonds is 4. The van der Waals surface area contributed by atoms with Crippen LogP contribution >= 0.6 is 11.3 Å². The first-order valence-corrected chi connectivity index (χ1v) is 12.0. The molecule has 0 atom stereocenters. The lowest BCUT2D eigenvalue weighted by Crippen LogP contribution is -2.54. The van der Waals surface area contributed by atoms with Crippen molar-refractivity contribution in [1.82, 2.24) is 14.7 Å². The zero-order valence-corrected chi connectivity index (χ0v) is 19.8. The molecule has 4 rings (SSSR count). The van der Waals surface area contributed by atoms with Crippen LogP contribution in [0.1, 0.15) is 37.0 Å². The number of methoxy groups -OCH3 is 1. The van der Waals surface area contributed by atoms with Gasteiger partial charge in [-0.05, 0) is 44.9 Å². The maximum absolute atomic E-state index is 13.3. The molecule has 174 valence electrons. The van der Waals surface area contributed by atoms with Gasteiger partial charge in [0.15, 0.2) is 0 Å². The Morgan fingerprint density at radius 2 is 1.75 bits per heavy atom. The van der Waals surface area contributed by atoms with Gasteiger partial charge in [0, 0.05) is 55.4 Å². The van der Waals surface area contributed by atoms with Gasteiger partial charge in [-0.1, -0.05) is 0 Å². The predicted molar refractivity (Wildman–Crippen MR) is 126 cm³/mol. The van der Waals surface area contributed by atoms with Gasteiger partial charge in [0.25, 0.3) is 5.91 Å². The topological polar surface area (TPSA) is 88.3 Å². The quantitative estimate of drug-likeness (QED) is 0.754. The van der Waals surface area contributed by atoms with E-state index >= 15 is 0 Å². The van der Waals surface area contributed by atoms with Gasteiger partial charge < -0.3 is 25.0 Å². The fourth-order valence-electron chi connectivity index (χ4n) is 4.58. The summed E-state index contributed by atoms with van der Waals surface area (Å²) in [7, 11) is 1.63. The molecule has 0 bridgehead atoms. The first-order valence-electron chi connectivity index (χ1n) is 11.2. The summed E-state index contributed by atoms with van der Waals surface area (Å²) in [6.45, 7) is 8.21. The van der Waals surface area contributed by atoms with Crippen LogP contribution in [0.15, 0.2) is 18.2 Å². The van der Waals surface area contributed by atoms with Gasteiger partial charge in [0.1, 0.15) is 5.75 Å². The highest BCUT2D eigenvalue weighted by atomic mass is 32.1. The Kier molecular flexibility index (Phi) is 6.76. The predicted octanol–water partition coefficient (Wildman–Crippen LogP) is 3.26. The molecule has 2 N–H and O–H groups in total. The third kappa shape index (κ3) is 4.63. The first kappa shape index (κ1) is 22.7. The summed E-state index contributed by atoms with van der Waals surface area (Å²) >= 11 is 1.43. The Morgan fingerprint density at radius 3 is 2.38 bits per heavy atom. The summed E-state index contributed by atoms with van der Waals surface area (Å²) < 4.78 is 11.6. The molecule has 0 aliphatic carbocycles. The van der Waals surface area contributed by atoms with Crippen LogP contribution in [0.3, 0.4) is 0 Å². The Hall–Kier alpha value is -2.52. The van der Waals surface area contributed by atoms with Crippen molar-refractivity contribution in [3.05, 3.63) is 23.8 Å². The molecule has 2 saturated heterocycles. The Bertz CT molecular complexity index is 976. The van der Waals surface area contributed by atoms with Crippen LogP contribution in [0.5, 0.6) is 5.75 Å². The van der Waals surface area contributed by atoms with E-state index in [0.717, 1.165) is 54.9 Å². The largest absolute Gasteiger partial charge is 0.497 e. The number of ether oxygens (including phenoxy) is 2. The molecule has 8 nitrogen and oxygen atoms in total. The lowest BCUT2D eigenvalue weighted by Gasteiger charge is -2.42. The molecular formula is C23H32N4O4S. The number of amides is 2. The van der Waals surface area contributed by atoms with Gasteiger partial charge in [-0.25, -0.2) is 4.79 Å². The molecule has 2 amide bonds. The number of nitrogens with zero attached hydrogens (tertiary/aromatic N) is 3. The molecule has 2 aromatic rings. The van der Waals surface area contributed by atoms with E-state index in [0.29, 0.717) is 29.7 Å². The lowest BCUT2D eigenvalue weighted by atomic mass is 10.0. The normalized spacial score (nSPS) is 18.4. The Labute approximate surface area is 192 Å². The molecule has 32 heavy (non-hydrogen) atoms. The molecule has 3 heterocycles. The highest BCUT2D eigenvalue weighted by Gasteiger charge is 2.32. The van der Waals surface area contributed by atoms with Gasteiger partial charge in [-0.15, -0.1) is 11.3 Å². The maximum atomic E-state index is 13.3. The SMILES string of the molecule is COc1ccc2c(C(=O)N3CCN(C4CCN(C(=O)OC(C)C)CC4)CC3)c(N)sc2c1. The van der Waals surface area contributed by atoms with Gasteiger partial charge >= 0.3 is 6.09 Å². The van der Waals surface area contributed by atoms with E-state index < -0.39 is 0 Å². The number of hydrogen-bond acceptors (Lipinski definition) is 7. The molecule has 2 aliphatic heterocycles. The third-order valence-corrected chi connectivity index (χ3v) is 7.30. The molecular weight excluding hydrogens is 428 g/mol. The van der Waals surface area contributed by atoms with Crippen molar-refractivity contribution < 1.29 is 19.1 Å². The summed E-state index contributed by atoms with van der Waals surface area (Å²) in [6, 6.07) is 6.15. The van der Waals surface area contributed by atoms with Crippen molar-refractivity contribution in [3.8, 4) is 5.75 Å². The number of piperidine rings is 1. The second kappa shape index (κ2) is 9.54. The highest BCUT2D eigenvalue weighted by molar-refractivity contribution is 7.23. The van der Waals surface area contributed by atoms with E-state index in [4.69, 9.17) is 15.2 Å². The Balaban J connectivity index is 1.34.